The normalized spacial score (nSPS) is 13.8. The average Bonchev–Trinajstić information content (AvgIpc) is 2.75. The molecular formula is C21H23ClN2O4S. The molecule has 2 aromatic carbocycles. The van der Waals surface area contributed by atoms with Gasteiger partial charge in [-0.25, -0.2) is 0 Å². The molecule has 154 valence electrons. The van der Waals surface area contributed by atoms with Crippen molar-refractivity contribution in [1.29, 1.82) is 0 Å². The van der Waals surface area contributed by atoms with Crippen LogP contribution in [0.3, 0.4) is 0 Å². The van der Waals surface area contributed by atoms with Crippen molar-refractivity contribution >= 4 is 46.6 Å². The van der Waals surface area contributed by atoms with Crippen molar-refractivity contribution in [3.63, 3.8) is 0 Å². The number of hydrogen-bond acceptors (Lipinski definition) is 6. The molecule has 3 rings (SSSR count). The highest BCUT2D eigenvalue weighted by atomic mass is 35.5. The molecule has 0 saturated carbocycles. The molecule has 0 atom stereocenters. The van der Waals surface area contributed by atoms with Crippen LogP contribution in [0.2, 0.25) is 5.02 Å². The highest BCUT2D eigenvalue weighted by Crippen LogP contribution is 2.27. The van der Waals surface area contributed by atoms with Gasteiger partial charge in [-0.05, 0) is 36.4 Å². The lowest BCUT2D eigenvalue weighted by atomic mass is 10.2. The second kappa shape index (κ2) is 11.1. The summed E-state index contributed by atoms with van der Waals surface area (Å²) in [5, 5.41) is 3.39. The van der Waals surface area contributed by atoms with E-state index in [4.69, 9.17) is 21.1 Å². The SMILES string of the molecule is O=C(COC(=O)CCSc1ccccc1Cl)Nc1ccc(N2CCOCC2)cc1. The third kappa shape index (κ3) is 6.96. The number of anilines is 2. The number of halogens is 1. The third-order valence-corrected chi connectivity index (χ3v) is 5.81. The summed E-state index contributed by atoms with van der Waals surface area (Å²) < 4.78 is 10.4. The number of amides is 1. The van der Waals surface area contributed by atoms with Gasteiger partial charge >= 0.3 is 5.97 Å². The second-order valence-electron chi connectivity index (χ2n) is 6.38. The Bertz CT molecular complexity index is 826. The number of esters is 1. The van der Waals surface area contributed by atoms with Crippen molar-refractivity contribution in [3.05, 3.63) is 53.6 Å². The lowest BCUT2D eigenvalue weighted by Gasteiger charge is -2.28. The summed E-state index contributed by atoms with van der Waals surface area (Å²) in [7, 11) is 0. The fraction of sp³-hybridized carbons (Fsp3) is 0.333. The molecule has 0 spiro atoms. The Balaban J connectivity index is 1.35. The first kappa shape index (κ1) is 21.5. The summed E-state index contributed by atoms with van der Waals surface area (Å²) in [5.41, 5.74) is 1.76. The fourth-order valence-electron chi connectivity index (χ4n) is 2.80. The molecule has 6 nitrogen and oxygen atoms in total. The molecule has 0 bridgehead atoms. The van der Waals surface area contributed by atoms with Crippen LogP contribution in [0.15, 0.2) is 53.4 Å². The maximum Gasteiger partial charge on any atom is 0.307 e. The number of carbonyl (C=O) groups is 2. The minimum absolute atomic E-state index is 0.206. The number of nitrogens with one attached hydrogen (secondary N) is 1. The number of rotatable bonds is 8. The Labute approximate surface area is 179 Å². The van der Waals surface area contributed by atoms with Gasteiger partial charge in [0.05, 0.1) is 24.7 Å². The van der Waals surface area contributed by atoms with Gasteiger partial charge in [-0.1, -0.05) is 23.7 Å². The molecule has 0 aromatic heterocycles. The van der Waals surface area contributed by atoms with E-state index in [2.05, 4.69) is 10.2 Å². The quantitative estimate of drug-likeness (QED) is 0.503. The maximum absolute atomic E-state index is 12.0. The van der Waals surface area contributed by atoms with Crippen molar-refractivity contribution in [2.45, 2.75) is 11.3 Å². The number of morpholine rings is 1. The predicted molar refractivity (Wildman–Crippen MR) is 116 cm³/mol. The van der Waals surface area contributed by atoms with E-state index in [1.54, 1.807) is 6.07 Å². The first-order chi connectivity index (χ1) is 14.1. The zero-order valence-electron chi connectivity index (χ0n) is 15.9. The molecule has 8 heteroatoms. The molecule has 29 heavy (non-hydrogen) atoms. The Morgan fingerprint density at radius 2 is 1.83 bits per heavy atom. The van der Waals surface area contributed by atoms with Gasteiger partial charge in [-0.2, -0.15) is 0 Å². The molecule has 1 N–H and O–H groups in total. The molecule has 0 radical (unpaired) electrons. The van der Waals surface area contributed by atoms with Crippen LogP contribution in [0.5, 0.6) is 0 Å². The van der Waals surface area contributed by atoms with Crippen molar-refractivity contribution in [2.75, 3.05) is 48.9 Å². The Morgan fingerprint density at radius 1 is 1.10 bits per heavy atom. The number of carbonyl (C=O) groups excluding carboxylic acids is 2. The molecule has 0 aliphatic carbocycles. The van der Waals surface area contributed by atoms with Crippen molar-refractivity contribution in [3.8, 4) is 0 Å². The first-order valence-corrected chi connectivity index (χ1v) is 10.7. The highest BCUT2D eigenvalue weighted by molar-refractivity contribution is 7.99. The average molecular weight is 435 g/mol. The van der Waals surface area contributed by atoms with Crippen LogP contribution >= 0.6 is 23.4 Å². The van der Waals surface area contributed by atoms with Gasteiger partial charge in [0, 0.05) is 35.1 Å². The molecule has 0 unspecified atom stereocenters. The number of nitrogens with zero attached hydrogens (tertiary/aromatic N) is 1. The van der Waals surface area contributed by atoms with E-state index in [0.717, 1.165) is 36.9 Å². The van der Waals surface area contributed by atoms with Crippen LogP contribution in [-0.4, -0.2) is 50.5 Å². The zero-order chi connectivity index (χ0) is 20.5. The van der Waals surface area contributed by atoms with Crippen LogP contribution in [0.1, 0.15) is 6.42 Å². The van der Waals surface area contributed by atoms with Gasteiger partial charge in [0.15, 0.2) is 6.61 Å². The standard InChI is InChI=1S/C21H23ClN2O4S/c22-18-3-1-2-4-19(18)29-14-9-21(26)28-15-20(25)23-16-5-7-17(8-6-16)24-10-12-27-13-11-24/h1-8H,9-15H2,(H,23,25). The van der Waals surface area contributed by atoms with E-state index in [0.29, 0.717) is 16.5 Å². The van der Waals surface area contributed by atoms with Crippen LogP contribution in [-0.2, 0) is 19.1 Å². The number of hydrogen-bond donors (Lipinski definition) is 1. The summed E-state index contributed by atoms with van der Waals surface area (Å²) in [5.74, 6) is -0.244. The Hall–Kier alpha value is -2.22. The number of ether oxygens (including phenoxy) is 2. The lowest BCUT2D eigenvalue weighted by molar-refractivity contribution is -0.146. The second-order valence-corrected chi connectivity index (χ2v) is 7.93. The molecule has 1 amide bonds. The van der Waals surface area contributed by atoms with Crippen LogP contribution < -0.4 is 10.2 Å². The Kier molecular flexibility index (Phi) is 8.22. The van der Waals surface area contributed by atoms with E-state index in [1.165, 1.54) is 11.8 Å². The fourth-order valence-corrected chi connectivity index (χ4v) is 3.97. The van der Waals surface area contributed by atoms with Gasteiger partial charge in [-0.3, -0.25) is 9.59 Å². The first-order valence-electron chi connectivity index (χ1n) is 9.37. The van der Waals surface area contributed by atoms with Gasteiger partial charge in [0.2, 0.25) is 0 Å². The summed E-state index contributed by atoms with van der Waals surface area (Å²) in [6, 6.07) is 15.0. The van der Waals surface area contributed by atoms with Crippen LogP contribution in [0.25, 0.3) is 0 Å². The Morgan fingerprint density at radius 3 is 2.55 bits per heavy atom. The summed E-state index contributed by atoms with van der Waals surface area (Å²) in [6.45, 7) is 2.86. The van der Waals surface area contributed by atoms with E-state index >= 15 is 0 Å². The number of benzene rings is 2. The van der Waals surface area contributed by atoms with Gasteiger partial charge in [0.1, 0.15) is 0 Å². The van der Waals surface area contributed by atoms with Gasteiger partial charge < -0.3 is 19.7 Å². The smallest absolute Gasteiger partial charge is 0.307 e. The number of thioether (sulfide) groups is 1. The highest BCUT2D eigenvalue weighted by Gasteiger charge is 2.12. The van der Waals surface area contributed by atoms with Crippen molar-refractivity contribution in [2.24, 2.45) is 0 Å². The summed E-state index contributed by atoms with van der Waals surface area (Å²) >= 11 is 7.56. The predicted octanol–water partition coefficient (Wildman–Crippen LogP) is 3.84. The van der Waals surface area contributed by atoms with Crippen molar-refractivity contribution in [1.82, 2.24) is 0 Å². The monoisotopic (exact) mass is 434 g/mol. The molecule has 1 aliphatic rings. The molecule has 1 fully saturated rings. The topological polar surface area (TPSA) is 67.9 Å². The third-order valence-electron chi connectivity index (χ3n) is 4.29. The van der Waals surface area contributed by atoms with E-state index < -0.39 is 5.97 Å². The van der Waals surface area contributed by atoms with Gasteiger partial charge in [-0.15, -0.1) is 11.8 Å². The molecular weight excluding hydrogens is 412 g/mol. The largest absolute Gasteiger partial charge is 0.456 e. The molecule has 1 aliphatic heterocycles. The summed E-state index contributed by atoms with van der Waals surface area (Å²) in [6.07, 6.45) is 0.206. The maximum atomic E-state index is 12.0. The molecule has 1 heterocycles. The summed E-state index contributed by atoms with van der Waals surface area (Å²) in [4.78, 5) is 27.0. The van der Waals surface area contributed by atoms with Crippen molar-refractivity contribution < 1.29 is 19.1 Å². The van der Waals surface area contributed by atoms with E-state index in [-0.39, 0.29) is 18.9 Å². The van der Waals surface area contributed by atoms with E-state index in [9.17, 15) is 9.59 Å². The lowest BCUT2D eigenvalue weighted by Crippen LogP contribution is -2.36. The minimum atomic E-state index is -0.414. The van der Waals surface area contributed by atoms with Crippen LogP contribution in [0, 0.1) is 0 Å². The molecule has 2 aromatic rings. The van der Waals surface area contributed by atoms with E-state index in [1.807, 2.05) is 42.5 Å². The molecule has 1 saturated heterocycles. The minimum Gasteiger partial charge on any atom is -0.456 e. The van der Waals surface area contributed by atoms with Crippen LogP contribution in [0.4, 0.5) is 11.4 Å². The zero-order valence-corrected chi connectivity index (χ0v) is 17.5. The van der Waals surface area contributed by atoms with Gasteiger partial charge in [0.25, 0.3) is 5.91 Å².